The van der Waals surface area contributed by atoms with Crippen molar-refractivity contribution in [3.05, 3.63) is 47.5 Å². The van der Waals surface area contributed by atoms with Crippen molar-refractivity contribution in [1.29, 1.82) is 0 Å². The number of rotatable bonds is 5. The highest BCUT2D eigenvalue weighted by Crippen LogP contribution is 2.12. The smallest absolute Gasteiger partial charge is 0.328 e. The summed E-state index contributed by atoms with van der Waals surface area (Å²) in [5.74, 6) is -0.936. The Morgan fingerprint density at radius 1 is 1.31 bits per heavy atom. The molecule has 2 N–H and O–H groups in total. The van der Waals surface area contributed by atoms with Crippen molar-refractivity contribution in [1.82, 2.24) is 5.32 Å². The Kier molecular flexibility index (Phi) is 5.02. The largest absolute Gasteiger partial charge is 0.478 e. The molecule has 0 aliphatic rings. The fourth-order valence-corrected chi connectivity index (χ4v) is 1.28. The predicted molar refractivity (Wildman–Crippen MR) is 66.1 cm³/mol. The zero-order valence-corrected chi connectivity index (χ0v) is 9.18. The number of carbonyl (C=O) groups is 1. The molecule has 0 aromatic heterocycles. The van der Waals surface area contributed by atoms with Crippen LogP contribution < -0.4 is 5.32 Å². The first-order valence-electron chi connectivity index (χ1n) is 5.05. The van der Waals surface area contributed by atoms with E-state index in [4.69, 9.17) is 5.11 Å². The zero-order valence-electron chi connectivity index (χ0n) is 9.18. The number of nitrogens with one attached hydrogen (secondary N) is 1. The minimum Gasteiger partial charge on any atom is -0.478 e. The van der Waals surface area contributed by atoms with Gasteiger partial charge in [-0.1, -0.05) is 36.4 Å². The molecule has 0 unspecified atom stereocenters. The lowest BCUT2D eigenvalue weighted by Gasteiger charge is -1.99. The molecule has 16 heavy (non-hydrogen) atoms. The number of carboxylic acid groups (broad SMARTS) is 1. The molecule has 0 atom stereocenters. The molecule has 0 heterocycles. The molecule has 1 aromatic carbocycles. The monoisotopic (exact) mass is 217 g/mol. The van der Waals surface area contributed by atoms with E-state index in [1.54, 1.807) is 6.08 Å². The first kappa shape index (κ1) is 12.2. The van der Waals surface area contributed by atoms with Gasteiger partial charge in [-0.25, -0.2) is 4.79 Å². The van der Waals surface area contributed by atoms with Crippen LogP contribution in [-0.4, -0.2) is 24.7 Å². The fraction of sp³-hybridized carbons (Fsp3) is 0.154. The van der Waals surface area contributed by atoms with Crippen LogP contribution in [0.1, 0.15) is 11.1 Å². The molecule has 3 heteroatoms. The van der Waals surface area contributed by atoms with E-state index < -0.39 is 5.97 Å². The van der Waals surface area contributed by atoms with Crippen LogP contribution in [0.2, 0.25) is 0 Å². The van der Waals surface area contributed by atoms with Crippen molar-refractivity contribution in [2.24, 2.45) is 0 Å². The van der Waals surface area contributed by atoms with E-state index in [1.807, 2.05) is 43.5 Å². The van der Waals surface area contributed by atoms with Gasteiger partial charge < -0.3 is 10.4 Å². The average molecular weight is 217 g/mol. The van der Waals surface area contributed by atoms with E-state index >= 15 is 0 Å². The van der Waals surface area contributed by atoms with Crippen LogP contribution in [0.5, 0.6) is 0 Å². The van der Waals surface area contributed by atoms with Crippen molar-refractivity contribution < 1.29 is 9.90 Å². The lowest BCUT2D eigenvalue weighted by atomic mass is 10.1. The molecule has 0 spiro atoms. The van der Waals surface area contributed by atoms with E-state index in [-0.39, 0.29) is 0 Å². The van der Waals surface area contributed by atoms with Crippen LogP contribution in [-0.2, 0) is 4.79 Å². The maximum absolute atomic E-state index is 10.4. The highest BCUT2D eigenvalue weighted by molar-refractivity contribution is 5.86. The molecule has 0 aliphatic heterocycles. The molecule has 0 aliphatic carbocycles. The Balaban J connectivity index is 2.87. The maximum atomic E-state index is 10.4. The van der Waals surface area contributed by atoms with Gasteiger partial charge in [-0.05, 0) is 24.3 Å². The second-order valence-corrected chi connectivity index (χ2v) is 3.26. The fourth-order valence-electron chi connectivity index (χ4n) is 1.28. The van der Waals surface area contributed by atoms with E-state index in [2.05, 4.69) is 5.32 Å². The average Bonchev–Trinajstić information content (AvgIpc) is 2.28. The van der Waals surface area contributed by atoms with E-state index in [1.165, 1.54) is 0 Å². The van der Waals surface area contributed by atoms with Gasteiger partial charge in [0.15, 0.2) is 0 Å². The van der Waals surface area contributed by atoms with E-state index in [0.717, 1.165) is 23.7 Å². The van der Waals surface area contributed by atoms with Gasteiger partial charge in [-0.15, -0.1) is 0 Å². The summed E-state index contributed by atoms with van der Waals surface area (Å²) < 4.78 is 0. The van der Waals surface area contributed by atoms with Crippen molar-refractivity contribution in [3.8, 4) is 0 Å². The summed E-state index contributed by atoms with van der Waals surface area (Å²) in [6.45, 7) is 0.789. The molecule has 3 nitrogen and oxygen atoms in total. The van der Waals surface area contributed by atoms with Crippen LogP contribution in [0.25, 0.3) is 12.2 Å². The van der Waals surface area contributed by atoms with Crippen molar-refractivity contribution in [3.63, 3.8) is 0 Å². The van der Waals surface area contributed by atoms with Crippen molar-refractivity contribution in [2.45, 2.75) is 0 Å². The molecule has 0 amide bonds. The summed E-state index contributed by atoms with van der Waals surface area (Å²) >= 11 is 0. The van der Waals surface area contributed by atoms with E-state index in [9.17, 15) is 4.79 Å². The van der Waals surface area contributed by atoms with Crippen molar-refractivity contribution >= 4 is 18.1 Å². The number of hydrogen-bond acceptors (Lipinski definition) is 2. The van der Waals surface area contributed by atoms with Crippen LogP contribution in [0.15, 0.2) is 36.4 Å². The third-order valence-corrected chi connectivity index (χ3v) is 2.02. The molecule has 0 fully saturated rings. The Bertz CT molecular complexity index is 408. The molecule has 1 rings (SSSR count). The summed E-state index contributed by atoms with van der Waals surface area (Å²) in [7, 11) is 1.88. The lowest BCUT2D eigenvalue weighted by molar-refractivity contribution is -0.131. The van der Waals surface area contributed by atoms with Crippen LogP contribution in [0, 0.1) is 0 Å². The van der Waals surface area contributed by atoms with Crippen molar-refractivity contribution in [2.75, 3.05) is 13.6 Å². The van der Waals surface area contributed by atoms with Gasteiger partial charge in [-0.2, -0.15) is 0 Å². The van der Waals surface area contributed by atoms with Crippen LogP contribution in [0.3, 0.4) is 0 Å². The first-order valence-corrected chi connectivity index (χ1v) is 5.05. The number of hydrogen-bond donors (Lipinski definition) is 2. The molecule has 0 saturated heterocycles. The highest BCUT2D eigenvalue weighted by Gasteiger charge is 1.94. The van der Waals surface area contributed by atoms with Crippen LogP contribution >= 0.6 is 0 Å². The second kappa shape index (κ2) is 6.58. The van der Waals surface area contributed by atoms with Gasteiger partial charge in [0.2, 0.25) is 0 Å². The Morgan fingerprint density at radius 2 is 1.94 bits per heavy atom. The Morgan fingerprint density at radius 3 is 2.50 bits per heavy atom. The molecule has 0 bridgehead atoms. The molecular formula is C13H15NO2. The van der Waals surface area contributed by atoms with Gasteiger partial charge >= 0.3 is 5.97 Å². The zero-order chi connectivity index (χ0) is 11.8. The quantitative estimate of drug-likeness (QED) is 0.742. The van der Waals surface area contributed by atoms with Gasteiger partial charge in [0.05, 0.1) is 0 Å². The van der Waals surface area contributed by atoms with Crippen LogP contribution in [0.4, 0.5) is 0 Å². The first-order chi connectivity index (χ1) is 7.74. The molecule has 84 valence electrons. The predicted octanol–water partition coefficient (Wildman–Crippen LogP) is 2.02. The number of carboxylic acids is 1. The van der Waals surface area contributed by atoms with Gasteiger partial charge in [0, 0.05) is 12.6 Å². The third kappa shape index (κ3) is 4.11. The summed E-state index contributed by atoms with van der Waals surface area (Å²) in [6, 6.07) is 7.65. The summed E-state index contributed by atoms with van der Waals surface area (Å²) in [6.07, 6.45) is 6.71. The highest BCUT2D eigenvalue weighted by atomic mass is 16.4. The molecule has 0 saturated carbocycles. The SMILES string of the molecule is CNCC=Cc1ccccc1/C=C/C(=O)O. The second-order valence-electron chi connectivity index (χ2n) is 3.26. The lowest BCUT2D eigenvalue weighted by Crippen LogP contribution is -2.03. The number of likely N-dealkylation sites (N-methyl/N-ethyl adjacent to an activating group) is 1. The normalized spacial score (nSPS) is 11.3. The molecular weight excluding hydrogens is 202 g/mol. The summed E-state index contributed by atoms with van der Waals surface area (Å²) in [4.78, 5) is 10.4. The number of benzene rings is 1. The summed E-state index contributed by atoms with van der Waals surface area (Å²) in [5, 5.41) is 11.6. The minimum absolute atomic E-state index is 0.789. The maximum Gasteiger partial charge on any atom is 0.328 e. The summed E-state index contributed by atoms with van der Waals surface area (Å²) in [5.41, 5.74) is 1.91. The number of aliphatic carboxylic acids is 1. The van der Waals surface area contributed by atoms with E-state index in [0.29, 0.717) is 0 Å². The van der Waals surface area contributed by atoms with Gasteiger partial charge in [0.1, 0.15) is 0 Å². The standard InChI is InChI=1S/C13H15NO2/c1-14-10-4-7-11-5-2-3-6-12(11)8-9-13(15)16/h2-9,14H,10H2,1H3,(H,15,16)/b7-4?,9-8+. The Labute approximate surface area is 95.1 Å². The third-order valence-electron chi connectivity index (χ3n) is 2.02. The van der Waals surface area contributed by atoms with Gasteiger partial charge in [-0.3, -0.25) is 0 Å². The molecule has 0 radical (unpaired) electrons. The topological polar surface area (TPSA) is 49.3 Å². The molecule has 1 aromatic rings. The minimum atomic E-state index is -0.936. The van der Waals surface area contributed by atoms with Gasteiger partial charge in [0.25, 0.3) is 0 Å². The Hall–Kier alpha value is -1.87.